The smallest absolute Gasteiger partial charge is 0.119 e. The van der Waals surface area contributed by atoms with Crippen molar-refractivity contribution < 1.29 is 9.84 Å². The van der Waals surface area contributed by atoms with Crippen LogP contribution in [0.25, 0.3) is 0 Å². The Morgan fingerprint density at radius 1 is 1.00 bits per heavy atom. The lowest BCUT2D eigenvalue weighted by molar-refractivity contribution is 0.0173. The quantitative estimate of drug-likeness (QED) is 0.925. The first kappa shape index (κ1) is 14.7. The van der Waals surface area contributed by atoms with E-state index in [0.717, 1.165) is 44.8 Å². The van der Waals surface area contributed by atoms with Crippen molar-refractivity contribution in [1.29, 1.82) is 0 Å². The Hall–Kier alpha value is -1.26. The fourth-order valence-corrected chi connectivity index (χ4v) is 3.62. The van der Waals surface area contributed by atoms with Gasteiger partial charge in [0.25, 0.3) is 0 Å². The Morgan fingerprint density at radius 2 is 1.67 bits per heavy atom. The van der Waals surface area contributed by atoms with Crippen molar-refractivity contribution in [2.24, 2.45) is 0 Å². The summed E-state index contributed by atoms with van der Waals surface area (Å²) in [7, 11) is 1.70. The van der Waals surface area contributed by atoms with Gasteiger partial charge < -0.3 is 14.7 Å². The number of nitrogens with zero attached hydrogens (tertiary/aromatic N) is 2. The maximum atomic E-state index is 10.2. The number of ether oxygens (including phenoxy) is 1. The van der Waals surface area contributed by atoms with Crippen LogP contribution in [0.15, 0.2) is 24.3 Å². The van der Waals surface area contributed by atoms with Gasteiger partial charge in [0.1, 0.15) is 5.75 Å². The van der Waals surface area contributed by atoms with E-state index in [1.807, 2.05) is 12.1 Å². The molecule has 2 atom stereocenters. The van der Waals surface area contributed by atoms with Crippen molar-refractivity contribution in [3.63, 3.8) is 0 Å². The fraction of sp³-hybridized carbons (Fsp3) is 0.647. The first-order chi connectivity index (χ1) is 10.3. The minimum Gasteiger partial charge on any atom is -0.497 e. The number of hydrogen-bond donors (Lipinski definition) is 1. The highest BCUT2D eigenvalue weighted by atomic mass is 16.5. The summed E-state index contributed by atoms with van der Waals surface area (Å²) in [5.74, 6) is 0.905. The van der Waals surface area contributed by atoms with Gasteiger partial charge in [-0.25, -0.2) is 0 Å². The van der Waals surface area contributed by atoms with Crippen LogP contribution < -0.4 is 9.64 Å². The summed E-state index contributed by atoms with van der Waals surface area (Å²) in [6.07, 6.45) is 4.46. The molecule has 2 aliphatic rings. The highest BCUT2D eigenvalue weighted by molar-refractivity contribution is 5.49. The monoisotopic (exact) mass is 290 g/mol. The van der Waals surface area contributed by atoms with E-state index in [0.29, 0.717) is 6.04 Å². The van der Waals surface area contributed by atoms with Gasteiger partial charge in [-0.05, 0) is 37.1 Å². The third-order valence-corrected chi connectivity index (χ3v) is 4.91. The number of rotatable bonds is 3. The summed E-state index contributed by atoms with van der Waals surface area (Å²) in [4.78, 5) is 4.91. The molecular formula is C17H26N2O2. The van der Waals surface area contributed by atoms with Crippen molar-refractivity contribution >= 4 is 5.69 Å². The van der Waals surface area contributed by atoms with Gasteiger partial charge in [0.2, 0.25) is 0 Å². The van der Waals surface area contributed by atoms with E-state index in [-0.39, 0.29) is 6.10 Å². The lowest BCUT2D eigenvalue weighted by Crippen LogP contribution is -2.54. The second-order valence-corrected chi connectivity index (χ2v) is 6.14. The van der Waals surface area contributed by atoms with E-state index in [9.17, 15) is 5.11 Å². The third kappa shape index (κ3) is 3.33. The molecule has 0 radical (unpaired) electrons. The molecule has 116 valence electrons. The van der Waals surface area contributed by atoms with Crippen molar-refractivity contribution in [2.75, 3.05) is 38.2 Å². The lowest BCUT2D eigenvalue weighted by Gasteiger charge is -2.43. The molecule has 2 fully saturated rings. The summed E-state index contributed by atoms with van der Waals surface area (Å²) >= 11 is 0. The van der Waals surface area contributed by atoms with E-state index in [2.05, 4.69) is 21.9 Å². The average Bonchev–Trinajstić information content (AvgIpc) is 2.56. The Kier molecular flexibility index (Phi) is 4.66. The Labute approximate surface area is 127 Å². The van der Waals surface area contributed by atoms with Crippen LogP contribution in [0.2, 0.25) is 0 Å². The summed E-state index contributed by atoms with van der Waals surface area (Å²) in [5.41, 5.74) is 1.26. The van der Waals surface area contributed by atoms with Crippen molar-refractivity contribution in [1.82, 2.24) is 4.90 Å². The van der Waals surface area contributed by atoms with Gasteiger partial charge >= 0.3 is 0 Å². The molecule has 0 unspecified atom stereocenters. The van der Waals surface area contributed by atoms with Gasteiger partial charge in [-0.1, -0.05) is 12.8 Å². The van der Waals surface area contributed by atoms with Crippen LogP contribution in [0, 0.1) is 0 Å². The summed E-state index contributed by atoms with van der Waals surface area (Å²) in [5, 5.41) is 10.2. The molecule has 0 bridgehead atoms. The maximum Gasteiger partial charge on any atom is 0.119 e. The molecular weight excluding hydrogens is 264 g/mol. The maximum absolute atomic E-state index is 10.2. The number of aliphatic hydroxyl groups is 1. The van der Waals surface area contributed by atoms with Crippen LogP contribution >= 0.6 is 0 Å². The first-order valence-corrected chi connectivity index (χ1v) is 8.09. The molecule has 0 aromatic heterocycles. The minimum atomic E-state index is -0.119. The largest absolute Gasteiger partial charge is 0.497 e. The van der Waals surface area contributed by atoms with E-state index in [1.165, 1.54) is 18.5 Å². The normalized spacial score (nSPS) is 27.6. The summed E-state index contributed by atoms with van der Waals surface area (Å²) in [6, 6.07) is 8.68. The van der Waals surface area contributed by atoms with Crippen LogP contribution in [0.3, 0.4) is 0 Å². The molecule has 1 aliphatic carbocycles. The standard InChI is InChI=1S/C17H26N2O2/c1-21-15-8-6-14(7-9-15)18-10-12-19(13-11-18)16-4-2-3-5-17(16)20/h6-9,16-17,20H,2-5,10-13H2,1H3/t16-,17-/m1/s1. The van der Waals surface area contributed by atoms with Gasteiger partial charge in [-0.3, -0.25) is 4.90 Å². The van der Waals surface area contributed by atoms with Gasteiger partial charge in [0.15, 0.2) is 0 Å². The van der Waals surface area contributed by atoms with Gasteiger partial charge in [-0.15, -0.1) is 0 Å². The number of hydrogen-bond acceptors (Lipinski definition) is 4. The Morgan fingerprint density at radius 3 is 2.29 bits per heavy atom. The first-order valence-electron chi connectivity index (χ1n) is 8.09. The average molecular weight is 290 g/mol. The van der Waals surface area contributed by atoms with Crippen LogP contribution in [-0.2, 0) is 0 Å². The van der Waals surface area contributed by atoms with Crippen LogP contribution in [0.5, 0.6) is 5.75 Å². The van der Waals surface area contributed by atoms with E-state index < -0.39 is 0 Å². The summed E-state index contributed by atoms with van der Waals surface area (Å²) < 4.78 is 5.21. The SMILES string of the molecule is COc1ccc(N2CCN([C@@H]3CCCC[C@H]3O)CC2)cc1. The number of aliphatic hydroxyl groups excluding tert-OH is 1. The zero-order chi connectivity index (χ0) is 14.7. The molecule has 1 aromatic rings. The second-order valence-electron chi connectivity index (χ2n) is 6.14. The van der Waals surface area contributed by atoms with Crippen molar-refractivity contribution in [2.45, 2.75) is 37.8 Å². The van der Waals surface area contributed by atoms with Gasteiger partial charge in [-0.2, -0.15) is 0 Å². The van der Waals surface area contributed by atoms with E-state index in [1.54, 1.807) is 7.11 Å². The predicted octanol–water partition coefficient (Wildman–Crippen LogP) is 2.12. The predicted molar refractivity (Wildman–Crippen MR) is 85.0 cm³/mol. The Bertz CT molecular complexity index is 441. The van der Waals surface area contributed by atoms with E-state index in [4.69, 9.17) is 4.74 Å². The van der Waals surface area contributed by atoms with Crippen LogP contribution in [0.1, 0.15) is 25.7 Å². The van der Waals surface area contributed by atoms with E-state index >= 15 is 0 Å². The number of piperazine rings is 1. The number of methoxy groups -OCH3 is 1. The Balaban J connectivity index is 1.56. The van der Waals surface area contributed by atoms with Gasteiger partial charge in [0.05, 0.1) is 13.2 Å². The zero-order valence-electron chi connectivity index (χ0n) is 12.9. The molecule has 1 saturated carbocycles. The molecule has 1 N–H and O–H groups in total. The van der Waals surface area contributed by atoms with Crippen molar-refractivity contribution in [3.8, 4) is 5.75 Å². The topological polar surface area (TPSA) is 35.9 Å². The summed E-state index contributed by atoms with van der Waals surface area (Å²) in [6.45, 7) is 4.17. The molecule has 0 spiro atoms. The van der Waals surface area contributed by atoms with Crippen LogP contribution in [-0.4, -0.2) is 55.4 Å². The molecule has 1 aromatic carbocycles. The zero-order valence-corrected chi connectivity index (χ0v) is 12.9. The fourth-order valence-electron chi connectivity index (χ4n) is 3.62. The third-order valence-electron chi connectivity index (χ3n) is 4.91. The molecule has 1 heterocycles. The molecule has 1 aliphatic heterocycles. The highest BCUT2D eigenvalue weighted by Crippen LogP contribution is 2.26. The van der Waals surface area contributed by atoms with Gasteiger partial charge in [0, 0.05) is 37.9 Å². The van der Waals surface area contributed by atoms with Crippen molar-refractivity contribution in [3.05, 3.63) is 24.3 Å². The second kappa shape index (κ2) is 6.67. The number of benzene rings is 1. The molecule has 4 heteroatoms. The lowest BCUT2D eigenvalue weighted by atomic mass is 9.91. The molecule has 1 saturated heterocycles. The minimum absolute atomic E-state index is 0.119. The molecule has 4 nitrogen and oxygen atoms in total. The molecule has 21 heavy (non-hydrogen) atoms. The highest BCUT2D eigenvalue weighted by Gasteiger charge is 2.30. The molecule has 3 rings (SSSR count). The molecule has 0 amide bonds. The number of anilines is 1. The van der Waals surface area contributed by atoms with Crippen LogP contribution in [0.4, 0.5) is 5.69 Å².